The van der Waals surface area contributed by atoms with Crippen LogP contribution in [0.3, 0.4) is 0 Å². The second-order valence-electron chi connectivity index (χ2n) is 8.80. The first-order valence-corrected chi connectivity index (χ1v) is 11.6. The van der Waals surface area contributed by atoms with Crippen molar-refractivity contribution < 1.29 is 18.7 Å². The third kappa shape index (κ3) is 6.01. The van der Waals surface area contributed by atoms with Crippen molar-refractivity contribution in [3.05, 3.63) is 77.6 Å². The molecular weight excluding hydrogens is 419 g/mol. The van der Waals surface area contributed by atoms with Gasteiger partial charge in [0.05, 0.1) is 6.04 Å². The Morgan fingerprint density at radius 3 is 2.73 bits per heavy atom. The summed E-state index contributed by atoms with van der Waals surface area (Å²) >= 11 is 0. The highest BCUT2D eigenvalue weighted by molar-refractivity contribution is 5.81. The van der Waals surface area contributed by atoms with Crippen LogP contribution in [0.2, 0.25) is 0 Å². The molecule has 0 bridgehead atoms. The van der Waals surface area contributed by atoms with Gasteiger partial charge in [-0.05, 0) is 59.7 Å². The van der Waals surface area contributed by atoms with E-state index in [1.54, 1.807) is 12.1 Å². The van der Waals surface area contributed by atoms with Crippen LogP contribution in [0, 0.1) is 11.7 Å². The summed E-state index contributed by atoms with van der Waals surface area (Å²) in [5, 5.41) is 2.77. The number of hydrogen-bond donors (Lipinski definition) is 1. The van der Waals surface area contributed by atoms with Crippen LogP contribution < -0.4 is 10.1 Å². The molecule has 2 aromatic carbocycles. The minimum Gasteiger partial charge on any atom is -0.481 e. The molecule has 5 nitrogen and oxygen atoms in total. The van der Waals surface area contributed by atoms with Gasteiger partial charge in [-0.2, -0.15) is 0 Å². The van der Waals surface area contributed by atoms with E-state index in [9.17, 15) is 14.0 Å². The number of amides is 2. The van der Waals surface area contributed by atoms with Gasteiger partial charge in [0, 0.05) is 19.5 Å². The second kappa shape index (κ2) is 11.1. The van der Waals surface area contributed by atoms with Gasteiger partial charge in [-0.25, -0.2) is 4.39 Å². The number of nitrogens with zero attached hydrogens (tertiary/aromatic N) is 1. The van der Waals surface area contributed by atoms with Crippen molar-refractivity contribution in [3.8, 4) is 5.75 Å². The van der Waals surface area contributed by atoms with Gasteiger partial charge in [-0.3, -0.25) is 9.59 Å². The molecule has 0 saturated carbocycles. The number of halogens is 1. The summed E-state index contributed by atoms with van der Waals surface area (Å²) in [6.07, 6.45) is 2.63. The largest absolute Gasteiger partial charge is 0.481 e. The molecule has 1 N–H and O–H groups in total. The van der Waals surface area contributed by atoms with Crippen molar-refractivity contribution in [3.63, 3.8) is 0 Å². The van der Waals surface area contributed by atoms with Crippen LogP contribution in [0.25, 0.3) is 0 Å². The molecular formula is C27H33FN2O3. The molecule has 0 spiro atoms. The maximum Gasteiger partial charge on any atom is 0.261 e. The molecule has 0 radical (unpaired) electrons. The lowest BCUT2D eigenvalue weighted by molar-refractivity contribution is -0.134. The first kappa shape index (κ1) is 24.5. The fraction of sp³-hybridized carbons (Fsp3) is 0.407. The van der Waals surface area contributed by atoms with Gasteiger partial charge >= 0.3 is 0 Å². The zero-order valence-corrected chi connectivity index (χ0v) is 19.6. The van der Waals surface area contributed by atoms with E-state index < -0.39 is 12.1 Å². The highest BCUT2D eigenvalue weighted by Gasteiger charge is 2.33. The molecule has 1 aliphatic rings. The van der Waals surface area contributed by atoms with Gasteiger partial charge in [0.2, 0.25) is 5.91 Å². The third-order valence-electron chi connectivity index (χ3n) is 5.78. The molecule has 3 rings (SSSR count). The van der Waals surface area contributed by atoms with Gasteiger partial charge in [-0.1, -0.05) is 45.0 Å². The molecule has 0 aromatic heterocycles. The van der Waals surface area contributed by atoms with Gasteiger partial charge in [0.1, 0.15) is 11.6 Å². The number of benzene rings is 2. The Hall–Kier alpha value is -3.15. The number of ether oxygens (including phenoxy) is 1. The average Bonchev–Trinajstić information content (AvgIpc) is 2.79. The first-order valence-electron chi connectivity index (χ1n) is 11.6. The lowest BCUT2D eigenvalue weighted by atomic mass is 9.87. The molecule has 2 aromatic rings. The monoisotopic (exact) mass is 452 g/mol. The number of rotatable bonds is 9. The predicted molar refractivity (Wildman–Crippen MR) is 127 cm³/mol. The van der Waals surface area contributed by atoms with Crippen molar-refractivity contribution in [2.45, 2.75) is 52.2 Å². The number of carbonyl (C=O) groups is 2. The van der Waals surface area contributed by atoms with E-state index in [1.807, 2.05) is 49.9 Å². The van der Waals surface area contributed by atoms with E-state index in [4.69, 9.17) is 4.74 Å². The summed E-state index contributed by atoms with van der Waals surface area (Å²) < 4.78 is 20.2. The summed E-state index contributed by atoms with van der Waals surface area (Å²) in [5.74, 6) is 0.278. The summed E-state index contributed by atoms with van der Waals surface area (Å²) in [7, 11) is 0. The zero-order chi connectivity index (χ0) is 24.0. The highest BCUT2D eigenvalue weighted by atomic mass is 19.1. The summed E-state index contributed by atoms with van der Waals surface area (Å²) in [6.45, 7) is 10.5. The molecule has 1 aliphatic heterocycles. The number of nitrogens with one attached hydrogen (secondary N) is 1. The van der Waals surface area contributed by atoms with E-state index in [0.717, 1.165) is 16.7 Å². The molecule has 6 heteroatoms. The third-order valence-corrected chi connectivity index (χ3v) is 5.78. The van der Waals surface area contributed by atoms with E-state index >= 15 is 0 Å². The summed E-state index contributed by atoms with van der Waals surface area (Å²) in [6, 6.07) is 11.7. The van der Waals surface area contributed by atoms with E-state index in [-0.39, 0.29) is 23.5 Å². The maximum atomic E-state index is 14.1. The maximum absolute atomic E-state index is 14.1. The fourth-order valence-corrected chi connectivity index (χ4v) is 4.21. The molecule has 176 valence electrons. The molecule has 2 atom stereocenters. The van der Waals surface area contributed by atoms with Crippen LogP contribution in [0.5, 0.6) is 5.75 Å². The summed E-state index contributed by atoms with van der Waals surface area (Å²) in [5.41, 5.74) is 2.72. The Bertz CT molecular complexity index is 1000. The van der Waals surface area contributed by atoms with E-state index in [1.165, 1.54) is 12.1 Å². The molecule has 0 aliphatic carbocycles. The quantitative estimate of drug-likeness (QED) is 0.556. The minimum absolute atomic E-state index is 0.0477. The lowest BCUT2D eigenvalue weighted by Crippen LogP contribution is -2.41. The van der Waals surface area contributed by atoms with Crippen molar-refractivity contribution in [2.24, 2.45) is 5.92 Å². The predicted octanol–water partition coefficient (Wildman–Crippen LogP) is 4.81. The molecule has 0 saturated heterocycles. The second-order valence-corrected chi connectivity index (χ2v) is 8.80. The molecule has 2 amide bonds. The standard InChI is InChI=1S/C27H33FN2O3/c1-5-13-29-27(32)24(6-2)33-22-11-10-19-12-14-30(25(31)15-18(3)4)26(23(19)17-22)20-8-7-9-21(28)16-20/h5,7-11,16-18,24,26H,1,6,12-15H2,2-4H3,(H,29,32)/t24-,26+/m1/s1. The normalized spacial score (nSPS) is 16.2. The van der Waals surface area contributed by atoms with Crippen LogP contribution in [-0.2, 0) is 16.0 Å². The molecule has 0 fully saturated rings. The van der Waals surface area contributed by atoms with Crippen LogP contribution in [0.1, 0.15) is 56.3 Å². The van der Waals surface area contributed by atoms with Crippen LogP contribution >= 0.6 is 0 Å². The zero-order valence-electron chi connectivity index (χ0n) is 19.6. The Balaban J connectivity index is 1.98. The van der Waals surface area contributed by atoms with E-state index in [0.29, 0.717) is 38.1 Å². The van der Waals surface area contributed by atoms with Gasteiger partial charge in [0.15, 0.2) is 6.10 Å². The number of hydrogen-bond acceptors (Lipinski definition) is 3. The summed E-state index contributed by atoms with van der Waals surface area (Å²) in [4.78, 5) is 27.4. The topological polar surface area (TPSA) is 58.6 Å². The number of fused-ring (bicyclic) bond motifs is 1. The first-order chi connectivity index (χ1) is 15.8. The fourth-order valence-electron chi connectivity index (χ4n) is 4.21. The van der Waals surface area contributed by atoms with Gasteiger partial charge in [-0.15, -0.1) is 6.58 Å². The van der Waals surface area contributed by atoms with Crippen LogP contribution in [0.4, 0.5) is 4.39 Å². The Morgan fingerprint density at radius 1 is 1.27 bits per heavy atom. The van der Waals surface area contributed by atoms with Crippen LogP contribution in [0.15, 0.2) is 55.1 Å². The van der Waals surface area contributed by atoms with Crippen molar-refractivity contribution in [2.75, 3.05) is 13.1 Å². The molecule has 1 heterocycles. The average molecular weight is 453 g/mol. The van der Waals surface area contributed by atoms with Crippen LogP contribution in [-0.4, -0.2) is 35.9 Å². The SMILES string of the molecule is C=CCNC(=O)[C@@H](CC)Oc1ccc2c(c1)[C@H](c1cccc(F)c1)N(C(=O)CC(C)C)CC2. The van der Waals surface area contributed by atoms with E-state index in [2.05, 4.69) is 11.9 Å². The Morgan fingerprint density at radius 2 is 2.06 bits per heavy atom. The van der Waals surface area contributed by atoms with Gasteiger partial charge < -0.3 is 15.0 Å². The van der Waals surface area contributed by atoms with Crippen molar-refractivity contribution >= 4 is 11.8 Å². The highest BCUT2D eigenvalue weighted by Crippen LogP contribution is 2.38. The van der Waals surface area contributed by atoms with Gasteiger partial charge in [0.25, 0.3) is 5.91 Å². The Labute approximate surface area is 195 Å². The smallest absolute Gasteiger partial charge is 0.261 e. The minimum atomic E-state index is -0.641. The lowest BCUT2D eigenvalue weighted by Gasteiger charge is -2.38. The Kier molecular flexibility index (Phi) is 8.26. The van der Waals surface area contributed by atoms with Crippen molar-refractivity contribution in [1.82, 2.24) is 10.2 Å². The molecule has 33 heavy (non-hydrogen) atoms. The molecule has 0 unspecified atom stereocenters. The van der Waals surface area contributed by atoms with Crippen molar-refractivity contribution in [1.29, 1.82) is 0 Å². The number of carbonyl (C=O) groups excluding carboxylic acids is 2.